The van der Waals surface area contributed by atoms with Crippen LogP contribution in [0.5, 0.6) is 0 Å². The number of para-hydroxylation sites is 1. The first kappa shape index (κ1) is 12.4. The van der Waals surface area contributed by atoms with Crippen molar-refractivity contribution in [1.29, 1.82) is 0 Å². The van der Waals surface area contributed by atoms with Crippen molar-refractivity contribution >= 4 is 10.9 Å². The number of H-pyrrole nitrogens is 1. The summed E-state index contributed by atoms with van der Waals surface area (Å²) in [6, 6.07) is 16.2. The number of aromatic nitrogens is 2. The van der Waals surface area contributed by atoms with Crippen molar-refractivity contribution in [3.05, 3.63) is 81.0 Å². The molecule has 0 aliphatic heterocycles. The van der Waals surface area contributed by atoms with Crippen molar-refractivity contribution < 1.29 is 0 Å². The van der Waals surface area contributed by atoms with Crippen LogP contribution in [0.1, 0.15) is 18.5 Å². The fourth-order valence-electron chi connectivity index (χ4n) is 2.41. The van der Waals surface area contributed by atoms with Gasteiger partial charge >= 0.3 is 5.69 Å². The molecule has 4 nitrogen and oxygen atoms in total. The van der Waals surface area contributed by atoms with Gasteiger partial charge in [0, 0.05) is 0 Å². The van der Waals surface area contributed by atoms with Gasteiger partial charge in [0.05, 0.1) is 16.9 Å². The van der Waals surface area contributed by atoms with E-state index in [4.69, 9.17) is 0 Å². The van der Waals surface area contributed by atoms with Crippen LogP contribution in [0.25, 0.3) is 10.9 Å². The summed E-state index contributed by atoms with van der Waals surface area (Å²) in [7, 11) is 0. The minimum atomic E-state index is -0.384. The Kier molecular flexibility index (Phi) is 2.99. The van der Waals surface area contributed by atoms with Crippen molar-refractivity contribution in [2.45, 2.75) is 13.0 Å². The summed E-state index contributed by atoms with van der Waals surface area (Å²) >= 11 is 0. The number of benzene rings is 2. The third-order valence-corrected chi connectivity index (χ3v) is 3.51. The van der Waals surface area contributed by atoms with Crippen LogP contribution in [0.3, 0.4) is 0 Å². The Hall–Kier alpha value is -2.62. The molecule has 2 aromatic carbocycles. The van der Waals surface area contributed by atoms with Gasteiger partial charge in [-0.15, -0.1) is 0 Å². The van der Waals surface area contributed by atoms with E-state index >= 15 is 0 Å². The predicted molar refractivity (Wildman–Crippen MR) is 79.1 cm³/mol. The lowest BCUT2D eigenvalue weighted by atomic mass is 10.1. The van der Waals surface area contributed by atoms with Gasteiger partial charge in [0.2, 0.25) is 0 Å². The number of hydrogen-bond donors (Lipinski definition) is 1. The quantitative estimate of drug-likeness (QED) is 0.773. The Morgan fingerprint density at radius 3 is 2.35 bits per heavy atom. The second-order valence-corrected chi connectivity index (χ2v) is 4.74. The highest BCUT2D eigenvalue weighted by atomic mass is 16.2. The molecule has 0 saturated heterocycles. The molecular weight excluding hydrogens is 252 g/mol. The number of nitrogens with one attached hydrogen (secondary N) is 1. The zero-order valence-electron chi connectivity index (χ0n) is 11.0. The fourth-order valence-corrected chi connectivity index (χ4v) is 2.41. The van der Waals surface area contributed by atoms with E-state index in [9.17, 15) is 9.59 Å². The Morgan fingerprint density at radius 1 is 0.950 bits per heavy atom. The lowest BCUT2D eigenvalue weighted by Gasteiger charge is -2.14. The summed E-state index contributed by atoms with van der Waals surface area (Å²) in [6.45, 7) is 1.85. The van der Waals surface area contributed by atoms with Crippen LogP contribution >= 0.6 is 0 Å². The standard InChI is InChI=1S/C16H14N2O2/c1-11(12-7-3-2-4-8-12)18-15(19)13-9-5-6-10-14(13)17-16(18)20/h2-11H,1H3,(H,17,20). The molecule has 1 aromatic heterocycles. The van der Waals surface area contributed by atoms with Crippen molar-refractivity contribution in [3.8, 4) is 0 Å². The van der Waals surface area contributed by atoms with Crippen molar-refractivity contribution in [2.24, 2.45) is 0 Å². The van der Waals surface area contributed by atoms with E-state index in [1.54, 1.807) is 24.3 Å². The van der Waals surface area contributed by atoms with Gasteiger partial charge < -0.3 is 4.98 Å². The third-order valence-electron chi connectivity index (χ3n) is 3.51. The molecule has 0 saturated carbocycles. The second kappa shape index (κ2) is 4.81. The molecule has 0 aliphatic carbocycles. The molecule has 3 rings (SSSR count). The maximum Gasteiger partial charge on any atom is 0.329 e. The monoisotopic (exact) mass is 266 g/mol. The number of nitrogens with zero attached hydrogens (tertiary/aromatic N) is 1. The summed E-state index contributed by atoms with van der Waals surface area (Å²) in [5.41, 5.74) is 0.847. The number of aromatic amines is 1. The van der Waals surface area contributed by atoms with Crippen LogP contribution in [-0.2, 0) is 0 Å². The van der Waals surface area contributed by atoms with E-state index in [-0.39, 0.29) is 17.3 Å². The lowest BCUT2D eigenvalue weighted by Crippen LogP contribution is -2.37. The van der Waals surface area contributed by atoms with E-state index < -0.39 is 0 Å². The summed E-state index contributed by atoms with van der Waals surface area (Å²) in [6.07, 6.45) is 0. The van der Waals surface area contributed by atoms with Gasteiger partial charge in [-0.1, -0.05) is 42.5 Å². The van der Waals surface area contributed by atoms with Crippen molar-refractivity contribution in [1.82, 2.24) is 9.55 Å². The molecule has 0 aliphatic rings. The van der Waals surface area contributed by atoms with Gasteiger partial charge in [-0.25, -0.2) is 4.79 Å². The van der Waals surface area contributed by atoms with Crippen LogP contribution in [0, 0.1) is 0 Å². The maximum absolute atomic E-state index is 12.5. The maximum atomic E-state index is 12.5. The first-order valence-corrected chi connectivity index (χ1v) is 6.47. The van der Waals surface area contributed by atoms with Gasteiger partial charge in [-0.05, 0) is 24.6 Å². The second-order valence-electron chi connectivity index (χ2n) is 4.74. The van der Waals surface area contributed by atoms with Crippen LogP contribution < -0.4 is 11.2 Å². The summed E-state index contributed by atoms with van der Waals surface area (Å²) in [5, 5.41) is 0.523. The number of rotatable bonds is 2. The average Bonchev–Trinajstić information content (AvgIpc) is 2.48. The topological polar surface area (TPSA) is 54.9 Å². The molecule has 4 heteroatoms. The molecule has 0 amide bonds. The molecule has 0 fully saturated rings. The Morgan fingerprint density at radius 2 is 1.60 bits per heavy atom. The third kappa shape index (κ3) is 1.95. The Labute approximate surface area is 115 Å². The van der Waals surface area contributed by atoms with Gasteiger partial charge in [0.25, 0.3) is 5.56 Å². The Balaban J connectivity index is 2.27. The van der Waals surface area contributed by atoms with Crippen LogP contribution in [-0.4, -0.2) is 9.55 Å². The number of hydrogen-bond acceptors (Lipinski definition) is 2. The van der Waals surface area contributed by atoms with E-state index in [1.165, 1.54) is 4.57 Å². The molecule has 1 heterocycles. The largest absolute Gasteiger partial charge is 0.329 e. The molecule has 1 N–H and O–H groups in total. The molecule has 100 valence electrons. The molecule has 0 spiro atoms. The van der Waals surface area contributed by atoms with Gasteiger partial charge in [-0.2, -0.15) is 0 Å². The highest BCUT2D eigenvalue weighted by molar-refractivity contribution is 5.76. The van der Waals surface area contributed by atoms with Crippen LogP contribution in [0.2, 0.25) is 0 Å². The average molecular weight is 266 g/mol. The summed E-state index contributed by atoms with van der Waals surface area (Å²) in [5.74, 6) is 0. The smallest absolute Gasteiger partial charge is 0.307 e. The van der Waals surface area contributed by atoms with E-state index in [2.05, 4.69) is 4.98 Å². The zero-order valence-corrected chi connectivity index (χ0v) is 11.0. The molecule has 3 aromatic rings. The van der Waals surface area contributed by atoms with Crippen molar-refractivity contribution in [3.63, 3.8) is 0 Å². The highest BCUT2D eigenvalue weighted by Gasteiger charge is 2.14. The predicted octanol–water partition coefficient (Wildman–Crippen LogP) is 2.30. The first-order valence-electron chi connectivity index (χ1n) is 6.47. The fraction of sp³-hybridized carbons (Fsp3) is 0.125. The van der Waals surface area contributed by atoms with E-state index in [0.717, 1.165) is 5.56 Å². The summed E-state index contributed by atoms with van der Waals surface area (Å²) in [4.78, 5) is 27.4. The van der Waals surface area contributed by atoms with Gasteiger partial charge in [0.1, 0.15) is 0 Å². The lowest BCUT2D eigenvalue weighted by molar-refractivity contribution is 0.585. The van der Waals surface area contributed by atoms with Crippen molar-refractivity contribution in [2.75, 3.05) is 0 Å². The van der Waals surface area contributed by atoms with Crippen LogP contribution in [0.15, 0.2) is 64.2 Å². The SMILES string of the molecule is CC(c1ccccc1)n1c(=O)[nH]c2ccccc2c1=O. The molecule has 0 radical (unpaired) electrons. The zero-order chi connectivity index (χ0) is 14.1. The molecule has 1 atom stereocenters. The molecule has 1 unspecified atom stereocenters. The minimum absolute atomic E-state index is 0.263. The minimum Gasteiger partial charge on any atom is -0.307 e. The normalized spacial score (nSPS) is 12.4. The van der Waals surface area contributed by atoms with E-state index in [0.29, 0.717) is 10.9 Å². The number of fused-ring (bicyclic) bond motifs is 1. The van der Waals surface area contributed by atoms with Gasteiger partial charge in [-0.3, -0.25) is 9.36 Å². The van der Waals surface area contributed by atoms with Crippen LogP contribution in [0.4, 0.5) is 0 Å². The summed E-state index contributed by atoms with van der Waals surface area (Å²) < 4.78 is 1.26. The molecule has 20 heavy (non-hydrogen) atoms. The Bertz CT molecular complexity index is 863. The van der Waals surface area contributed by atoms with E-state index in [1.807, 2.05) is 37.3 Å². The highest BCUT2D eigenvalue weighted by Crippen LogP contribution is 2.14. The van der Waals surface area contributed by atoms with Gasteiger partial charge in [0.15, 0.2) is 0 Å². The molecular formula is C16H14N2O2. The first-order chi connectivity index (χ1) is 9.68. The molecule has 0 bridgehead atoms.